The van der Waals surface area contributed by atoms with Gasteiger partial charge in [0, 0.05) is 5.56 Å². The fraction of sp³-hybridized carbons (Fsp3) is 0.250. The number of hydrogen-bond acceptors (Lipinski definition) is 4. The maximum atomic E-state index is 12.3. The number of amides is 2. The number of furan rings is 1. The van der Waals surface area contributed by atoms with Gasteiger partial charge in [-0.05, 0) is 44.2 Å². The summed E-state index contributed by atoms with van der Waals surface area (Å²) in [4.78, 5) is 23.6. The van der Waals surface area contributed by atoms with Crippen molar-refractivity contribution in [1.29, 1.82) is 0 Å². The number of fused-ring (bicyclic) bond motifs is 1. The summed E-state index contributed by atoms with van der Waals surface area (Å²) in [7, 11) is 0. The quantitative estimate of drug-likeness (QED) is 0.912. The van der Waals surface area contributed by atoms with Gasteiger partial charge in [0.05, 0.1) is 11.7 Å². The standard InChI is InChI=1S/C16H16N2O4/c1-9-3-5-13(22-9)10(2)17-16(20)11-4-6-14-12(7-11)18-15(19)8-21-14/h3-7,10H,8H2,1-2H3,(H,17,20)(H,18,19). The molecule has 2 N–H and O–H groups in total. The zero-order valence-corrected chi connectivity index (χ0v) is 12.3. The molecule has 114 valence electrons. The second-order valence-corrected chi connectivity index (χ2v) is 5.19. The van der Waals surface area contributed by atoms with Crippen LogP contribution < -0.4 is 15.4 Å². The highest BCUT2D eigenvalue weighted by atomic mass is 16.5. The molecule has 0 radical (unpaired) electrons. The zero-order chi connectivity index (χ0) is 15.7. The van der Waals surface area contributed by atoms with Crippen molar-refractivity contribution in [2.24, 2.45) is 0 Å². The third kappa shape index (κ3) is 2.81. The highest BCUT2D eigenvalue weighted by molar-refractivity contribution is 5.99. The minimum absolute atomic E-state index is 0.00653. The average molecular weight is 300 g/mol. The van der Waals surface area contributed by atoms with Gasteiger partial charge < -0.3 is 19.8 Å². The minimum Gasteiger partial charge on any atom is -0.482 e. The molecule has 0 spiro atoms. The maximum absolute atomic E-state index is 12.3. The van der Waals surface area contributed by atoms with E-state index in [1.165, 1.54) is 0 Å². The predicted molar refractivity (Wildman–Crippen MR) is 79.9 cm³/mol. The van der Waals surface area contributed by atoms with Crippen molar-refractivity contribution in [2.75, 3.05) is 11.9 Å². The Kier molecular flexibility index (Phi) is 3.58. The first kappa shape index (κ1) is 14.2. The molecule has 1 unspecified atom stereocenters. The lowest BCUT2D eigenvalue weighted by Crippen LogP contribution is -2.28. The van der Waals surface area contributed by atoms with Gasteiger partial charge in [0.2, 0.25) is 0 Å². The van der Waals surface area contributed by atoms with Crippen LogP contribution >= 0.6 is 0 Å². The first-order valence-corrected chi connectivity index (χ1v) is 6.97. The molecule has 2 aromatic rings. The van der Waals surface area contributed by atoms with Crippen LogP contribution in [0.3, 0.4) is 0 Å². The summed E-state index contributed by atoms with van der Waals surface area (Å²) in [5.41, 5.74) is 0.949. The number of nitrogens with one attached hydrogen (secondary N) is 2. The van der Waals surface area contributed by atoms with E-state index in [4.69, 9.17) is 9.15 Å². The lowest BCUT2D eigenvalue weighted by Gasteiger charge is -2.19. The Labute approximate surface area is 127 Å². The number of aryl methyl sites for hydroxylation is 1. The number of anilines is 1. The molecule has 6 nitrogen and oxygen atoms in total. The number of carbonyl (C=O) groups excluding carboxylic acids is 2. The molecule has 6 heteroatoms. The van der Waals surface area contributed by atoms with Gasteiger partial charge in [-0.3, -0.25) is 9.59 Å². The molecule has 1 aromatic carbocycles. The topological polar surface area (TPSA) is 80.6 Å². The van der Waals surface area contributed by atoms with Gasteiger partial charge in [0.1, 0.15) is 17.3 Å². The van der Waals surface area contributed by atoms with Crippen LogP contribution in [0.15, 0.2) is 34.7 Å². The van der Waals surface area contributed by atoms with Crippen LogP contribution in [0.2, 0.25) is 0 Å². The summed E-state index contributed by atoms with van der Waals surface area (Å²) < 4.78 is 10.8. The average Bonchev–Trinajstić information content (AvgIpc) is 2.93. The molecule has 0 saturated heterocycles. The lowest BCUT2D eigenvalue weighted by molar-refractivity contribution is -0.118. The van der Waals surface area contributed by atoms with E-state index in [-0.39, 0.29) is 24.5 Å². The SMILES string of the molecule is Cc1ccc(C(C)NC(=O)c2ccc3c(c2)NC(=O)CO3)o1. The third-order valence-corrected chi connectivity index (χ3v) is 3.41. The second-order valence-electron chi connectivity index (χ2n) is 5.19. The Bertz CT molecular complexity index is 735. The summed E-state index contributed by atoms with van der Waals surface area (Å²) in [5.74, 6) is 1.57. The largest absolute Gasteiger partial charge is 0.482 e. The number of benzene rings is 1. The third-order valence-electron chi connectivity index (χ3n) is 3.41. The van der Waals surface area contributed by atoms with E-state index >= 15 is 0 Å². The number of ether oxygens (including phenoxy) is 1. The molecule has 1 aliphatic rings. The molecule has 2 heterocycles. The van der Waals surface area contributed by atoms with Crippen molar-refractivity contribution in [3.63, 3.8) is 0 Å². The van der Waals surface area contributed by atoms with Crippen molar-refractivity contribution >= 4 is 17.5 Å². The lowest BCUT2D eigenvalue weighted by atomic mass is 10.1. The number of rotatable bonds is 3. The highest BCUT2D eigenvalue weighted by Crippen LogP contribution is 2.28. The molecule has 2 amide bonds. The van der Waals surface area contributed by atoms with E-state index in [9.17, 15) is 9.59 Å². The Morgan fingerprint density at radius 2 is 2.14 bits per heavy atom. The molecule has 3 rings (SSSR count). The normalized spacial score (nSPS) is 14.5. The molecule has 0 saturated carbocycles. The van der Waals surface area contributed by atoms with Crippen molar-refractivity contribution in [3.05, 3.63) is 47.4 Å². The van der Waals surface area contributed by atoms with Crippen molar-refractivity contribution in [2.45, 2.75) is 19.9 Å². The van der Waals surface area contributed by atoms with E-state index in [2.05, 4.69) is 10.6 Å². The molecule has 1 atom stereocenters. The van der Waals surface area contributed by atoms with Crippen LogP contribution in [0.25, 0.3) is 0 Å². The van der Waals surface area contributed by atoms with E-state index in [0.717, 1.165) is 5.76 Å². The van der Waals surface area contributed by atoms with Gasteiger partial charge in [0.15, 0.2) is 6.61 Å². The number of hydrogen-bond donors (Lipinski definition) is 2. The maximum Gasteiger partial charge on any atom is 0.262 e. The van der Waals surface area contributed by atoms with E-state index < -0.39 is 0 Å². The molecule has 0 fully saturated rings. The molecule has 1 aromatic heterocycles. The van der Waals surface area contributed by atoms with Crippen LogP contribution in [0.4, 0.5) is 5.69 Å². The van der Waals surface area contributed by atoms with Gasteiger partial charge in [-0.15, -0.1) is 0 Å². The Balaban J connectivity index is 1.75. The summed E-state index contributed by atoms with van der Waals surface area (Å²) >= 11 is 0. The summed E-state index contributed by atoms with van der Waals surface area (Å²) in [6, 6.07) is 8.37. The second kappa shape index (κ2) is 5.55. The fourth-order valence-corrected chi connectivity index (χ4v) is 2.26. The van der Waals surface area contributed by atoms with Crippen LogP contribution in [-0.4, -0.2) is 18.4 Å². The molecule has 1 aliphatic heterocycles. The van der Waals surface area contributed by atoms with Crippen molar-refractivity contribution in [3.8, 4) is 5.75 Å². The predicted octanol–water partition coefficient (Wildman–Crippen LogP) is 2.41. The molecule has 0 bridgehead atoms. The summed E-state index contributed by atoms with van der Waals surface area (Å²) in [6.45, 7) is 3.69. The Morgan fingerprint density at radius 3 is 2.86 bits per heavy atom. The van der Waals surface area contributed by atoms with Crippen molar-refractivity contribution < 1.29 is 18.7 Å². The molecule has 22 heavy (non-hydrogen) atoms. The smallest absolute Gasteiger partial charge is 0.262 e. The summed E-state index contributed by atoms with van der Waals surface area (Å²) in [6.07, 6.45) is 0. The zero-order valence-electron chi connectivity index (χ0n) is 12.3. The van der Waals surface area contributed by atoms with Gasteiger partial charge in [-0.1, -0.05) is 0 Å². The van der Waals surface area contributed by atoms with E-state index in [0.29, 0.717) is 22.8 Å². The first-order valence-electron chi connectivity index (χ1n) is 6.97. The van der Waals surface area contributed by atoms with Crippen LogP contribution in [0.5, 0.6) is 5.75 Å². The Hall–Kier alpha value is -2.76. The molecular formula is C16H16N2O4. The molecule has 0 aliphatic carbocycles. The summed E-state index contributed by atoms with van der Waals surface area (Å²) in [5, 5.41) is 5.54. The van der Waals surface area contributed by atoms with Crippen LogP contribution in [0.1, 0.15) is 34.8 Å². The number of carbonyl (C=O) groups is 2. The first-order chi connectivity index (χ1) is 10.5. The fourth-order valence-electron chi connectivity index (χ4n) is 2.26. The van der Waals surface area contributed by atoms with Crippen LogP contribution in [0, 0.1) is 6.92 Å². The van der Waals surface area contributed by atoms with Crippen molar-refractivity contribution in [1.82, 2.24) is 5.32 Å². The van der Waals surface area contributed by atoms with Gasteiger partial charge in [-0.2, -0.15) is 0 Å². The minimum atomic E-state index is -0.247. The monoisotopic (exact) mass is 300 g/mol. The van der Waals surface area contributed by atoms with Gasteiger partial charge in [-0.25, -0.2) is 0 Å². The molecular weight excluding hydrogens is 284 g/mol. The van der Waals surface area contributed by atoms with Gasteiger partial charge in [0.25, 0.3) is 11.8 Å². The van der Waals surface area contributed by atoms with E-state index in [1.807, 2.05) is 26.0 Å². The van der Waals surface area contributed by atoms with Gasteiger partial charge >= 0.3 is 0 Å². The van der Waals surface area contributed by atoms with Crippen LogP contribution in [-0.2, 0) is 4.79 Å². The van der Waals surface area contributed by atoms with E-state index in [1.54, 1.807) is 18.2 Å². The Morgan fingerprint density at radius 1 is 1.32 bits per heavy atom. The highest BCUT2D eigenvalue weighted by Gasteiger charge is 2.19.